The predicted octanol–water partition coefficient (Wildman–Crippen LogP) is 2.14. The summed E-state index contributed by atoms with van der Waals surface area (Å²) < 4.78 is 4.54. The van der Waals surface area contributed by atoms with Crippen molar-refractivity contribution in [3.05, 3.63) is 48.2 Å². The van der Waals surface area contributed by atoms with Crippen molar-refractivity contribution in [1.82, 2.24) is 24.0 Å². The van der Waals surface area contributed by atoms with E-state index in [0.29, 0.717) is 41.9 Å². The van der Waals surface area contributed by atoms with Gasteiger partial charge in [-0.3, -0.25) is 28.2 Å². The van der Waals surface area contributed by atoms with Gasteiger partial charge >= 0.3 is 5.69 Å². The van der Waals surface area contributed by atoms with Crippen molar-refractivity contribution in [1.29, 1.82) is 0 Å². The Morgan fingerprint density at radius 2 is 1.94 bits per heavy atom. The topological polar surface area (TPSA) is 91.4 Å². The number of fused-ring (bicyclic) bond motifs is 1. The lowest BCUT2D eigenvalue weighted by Crippen LogP contribution is -2.39. The highest BCUT2D eigenvalue weighted by atomic mass is 32.1. The number of nitrogens with zero attached hydrogens (tertiary/aromatic N) is 5. The summed E-state index contributed by atoms with van der Waals surface area (Å²) in [5.74, 6) is -0.127. The molecule has 1 saturated heterocycles. The first-order valence-corrected chi connectivity index (χ1v) is 11.6. The molecule has 9 nitrogen and oxygen atoms in total. The first-order valence-electron chi connectivity index (χ1n) is 10.8. The van der Waals surface area contributed by atoms with E-state index in [1.807, 2.05) is 39.4 Å². The van der Waals surface area contributed by atoms with Crippen LogP contribution in [0.15, 0.2) is 9.59 Å². The number of hydrogen-bond donors (Lipinski definition) is 0. The maximum absolute atomic E-state index is 13.5. The molecular formula is C22H29N5O4S. The molecule has 1 aliphatic rings. The molecule has 32 heavy (non-hydrogen) atoms. The lowest BCUT2D eigenvalue weighted by molar-refractivity contribution is -0.0767. The molecule has 4 heterocycles. The second-order valence-electron chi connectivity index (χ2n) is 8.78. The molecule has 0 bridgehead atoms. The maximum atomic E-state index is 13.5. The Labute approximate surface area is 189 Å². The summed E-state index contributed by atoms with van der Waals surface area (Å²) in [6.45, 7) is 9.37. The summed E-state index contributed by atoms with van der Waals surface area (Å²) in [5.41, 5.74) is 2.43. The molecule has 0 atom stereocenters. The number of carbonyl (C=O) groups excluding carboxylic acids is 1. The normalized spacial score (nSPS) is 14.3. The third-order valence-electron chi connectivity index (χ3n) is 5.98. The van der Waals surface area contributed by atoms with Crippen molar-refractivity contribution in [2.75, 3.05) is 13.2 Å². The smallest absolute Gasteiger partial charge is 0.284 e. The fourth-order valence-electron chi connectivity index (χ4n) is 4.22. The fraction of sp³-hybridized carbons (Fsp3) is 0.545. The minimum Gasteiger partial charge on any atom is -0.284 e. The molecule has 10 heteroatoms. The van der Waals surface area contributed by atoms with Crippen LogP contribution in [-0.2, 0) is 31.9 Å². The van der Waals surface area contributed by atoms with Gasteiger partial charge in [-0.05, 0) is 26.2 Å². The van der Waals surface area contributed by atoms with Gasteiger partial charge in [-0.25, -0.2) is 9.86 Å². The van der Waals surface area contributed by atoms with E-state index in [9.17, 15) is 14.4 Å². The molecule has 0 aliphatic carbocycles. The van der Waals surface area contributed by atoms with Crippen LogP contribution < -0.4 is 11.2 Å². The molecular weight excluding hydrogens is 430 g/mol. The fourth-order valence-corrected chi connectivity index (χ4v) is 5.51. The number of rotatable bonds is 5. The van der Waals surface area contributed by atoms with Crippen molar-refractivity contribution < 1.29 is 9.63 Å². The number of aromatic nitrogens is 4. The second-order valence-corrected chi connectivity index (χ2v) is 9.86. The van der Waals surface area contributed by atoms with Gasteiger partial charge in [0.05, 0.1) is 29.8 Å². The third-order valence-corrected chi connectivity index (χ3v) is 7.19. The van der Waals surface area contributed by atoms with Crippen LogP contribution in [0.5, 0.6) is 0 Å². The van der Waals surface area contributed by atoms with Crippen LogP contribution in [0.4, 0.5) is 0 Å². The molecule has 0 aromatic carbocycles. The Morgan fingerprint density at radius 1 is 1.22 bits per heavy atom. The van der Waals surface area contributed by atoms with Gasteiger partial charge in [0.1, 0.15) is 4.83 Å². The van der Waals surface area contributed by atoms with E-state index in [1.54, 1.807) is 4.57 Å². The van der Waals surface area contributed by atoms with Crippen molar-refractivity contribution in [2.24, 2.45) is 20.0 Å². The number of hydrogen-bond acceptors (Lipinski definition) is 6. The predicted molar refractivity (Wildman–Crippen MR) is 123 cm³/mol. The molecule has 0 saturated carbocycles. The molecule has 3 aromatic rings. The molecule has 1 amide bonds. The summed E-state index contributed by atoms with van der Waals surface area (Å²) in [7, 11) is 3.35. The lowest BCUT2D eigenvalue weighted by atomic mass is 10.0. The Hall–Kier alpha value is -2.72. The molecule has 4 rings (SSSR count). The van der Waals surface area contributed by atoms with Gasteiger partial charge in [-0.2, -0.15) is 5.10 Å². The molecule has 0 N–H and O–H groups in total. The quantitative estimate of drug-likeness (QED) is 0.583. The molecule has 0 spiro atoms. The van der Waals surface area contributed by atoms with Crippen LogP contribution in [0.2, 0.25) is 0 Å². The van der Waals surface area contributed by atoms with Gasteiger partial charge in [0.2, 0.25) is 0 Å². The first kappa shape index (κ1) is 22.5. The van der Waals surface area contributed by atoms with Crippen molar-refractivity contribution in [3.8, 4) is 0 Å². The van der Waals surface area contributed by atoms with E-state index in [2.05, 4.69) is 5.10 Å². The van der Waals surface area contributed by atoms with Crippen LogP contribution in [0.1, 0.15) is 52.5 Å². The molecule has 1 aliphatic heterocycles. The molecule has 0 radical (unpaired) electrons. The SMILES string of the molecule is Cc1nn(C)c(C)c1Cc1sc2c(c1C(=O)N1CCCO1)c(=O)n(C)c(=O)n2CC(C)C. The van der Waals surface area contributed by atoms with Gasteiger partial charge in [0.25, 0.3) is 11.5 Å². The number of amides is 1. The largest absolute Gasteiger partial charge is 0.331 e. The van der Waals surface area contributed by atoms with E-state index < -0.39 is 5.56 Å². The molecule has 1 fully saturated rings. The van der Waals surface area contributed by atoms with Crippen LogP contribution in [0.25, 0.3) is 10.2 Å². The summed E-state index contributed by atoms with van der Waals surface area (Å²) in [6.07, 6.45) is 1.21. The monoisotopic (exact) mass is 459 g/mol. The Kier molecular flexibility index (Phi) is 5.85. The maximum Gasteiger partial charge on any atom is 0.331 e. The zero-order valence-electron chi connectivity index (χ0n) is 19.4. The zero-order valence-corrected chi connectivity index (χ0v) is 20.2. The Bertz CT molecular complexity index is 1320. The highest BCUT2D eigenvalue weighted by Crippen LogP contribution is 2.33. The van der Waals surface area contributed by atoms with Crippen LogP contribution in [-0.4, -0.2) is 43.0 Å². The van der Waals surface area contributed by atoms with E-state index >= 15 is 0 Å². The lowest BCUT2D eigenvalue weighted by Gasteiger charge is -2.15. The number of thiophene rings is 1. The van der Waals surface area contributed by atoms with E-state index in [4.69, 9.17) is 4.84 Å². The number of hydroxylamine groups is 2. The van der Waals surface area contributed by atoms with E-state index in [0.717, 1.165) is 32.8 Å². The highest BCUT2D eigenvalue weighted by Gasteiger charge is 2.31. The van der Waals surface area contributed by atoms with Crippen molar-refractivity contribution in [3.63, 3.8) is 0 Å². The minimum absolute atomic E-state index is 0.197. The second kappa shape index (κ2) is 8.32. The molecule has 3 aromatic heterocycles. The van der Waals surface area contributed by atoms with Crippen molar-refractivity contribution in [2.45, 2.75) is 47.1 Å². The van der Waals surface area contributed by atoms with Crippen LogP contribution in [0.3, 0.4) is 0 Å². The zero-order chi connectivity index (χ0) is 23.3. The number of aryl methyl sites for hydroxylation is 2. The first-order chi connectivity index (χ1) is 15.1. The van der Waals surface area contributed by atoms with E-state index in [-0.39, 0.29) is 17.5 Å². The third kappa shape index (κ3) is 3.61. The summed E-state index contributed by atoms with van der Waals surface area (Å²) in [6, 6.07) is 0. The van der Waals surface area contributed by atoms with Gasteiger partial charge in [-0.15, -0.1) is 11.3 Å². The van der Waals surface area contributed by atoms with Crippen LogP contribution >= 0.6 is 11.3 Å². The van der Waals surface area contributed by atoms with Gasteiger partial charge in [-0.1, -0.05) is 13.8 Å². The average Bonchev–Trinajstić information content (AvgIpc) is 3.45. The standard InChI is InChI=1S/C22H29N5O4S/c1-12(2)11-26-21-18(19(28)24(5)22(26)30)17(20(29)27-8-7-9-31-27)16(32-21)10-15-13(3)23-25(6)14(15)4/h12H,7-11H2,1-6H3. The van der Waals surface area contributed by atoms with E-state index in [1.165, 1.54) is 23.4 Å². The minimum atomic E-state index is -0.449. The average molecular weight is 460 g/mol. The van der Waals surface area contributed by atoms with Gasteiger partial charge in [0.15, 0.2) is 0 Å². The van der Waals surface area contributed by atoms with Crippen LogP contribution in [0, 0.1) is 19.8 Å². The Morgan fingerprint density at radius 3 is 2.50 bits per heavy atom. The highest BCUT2D eigenvalue weighted by molar-refractivity contribution is 7.19. The Balaban J connectivity index is 2.02. The summed E-state index contributed by atoms with van der Waals surface area (Å²) in [5, 5.41) is 6.13. The summed E-state index contributed by atoms with van der Waals surface area (Å²) in [4.78, 5) is 46.6. The molecule has 172 valence electrons. The number of carbonyl (C=O) groups is 1. The molecule has 0 unspecified atom stereocenters. The summed E-state index contributed by atoms with van der Waals surface area (Å²) >= 11 is 1.35. The van der Waals surface area contributed by atoms with Gasteiger partial charge < -0.3 is 0 Å². The van der Waals surface area contributed by atoms with Gasteiger partial charge in [0, 0.05) is 43.2 Å². The van der Waals surface area contributed by atoms with Crippen molar-refractivity contribution >= 4 is 27.5 Å².